The van der Waals surface area contributed by atoms with E-state index in [9.17, 15) is 18.0 Å². The maximum absolute atomic E-state index is 12.9. The Labute approximate surface area is 273 Å². The summed E-state index contributed by atoms with van der Waals surface area (Å²) in [5.74, 6) is 1.27. The molecule has 1 N–H and O–H groups in total. The Balaban J connectivity index is 1.14. The number of amides is 1. The Morgan fingerprint density at radius 2 is 1.80 bits per heavy atom. The summed E-state index contributed by atoms with van der Waals surface area (Å²) >= 11 is 6.85. The molecule has 0 saturated carbocycles. The molecule has 0 unspecified atom stereocenters. The highest BCUT2D eigenvalue weighted by Crippen LogP contribution is 2.36. The van der Waals surface area contributed by atoms with Crippen molar-refractivity contribution in [2.24, 2.45) is 4.99 Å². The van der Waals surface area contributed by atoms with Crippen molar-refractivity contribution in [2.75, 3.05) is 24.3 Å². The lowest BCUT2D eigenvalue weighted by Gasteiger charge is -2.22. The molecule has 1 fully saturated rings. The van der Waals surface area contributed by atoms with Gasteiger partial charge in [0.25, 0.3) is 0 Å². The zero-order valence-corrected chi connectivity index (χ0v) is 26.9. The van der Waals surface area contributed by atoms with E-state index < -0.39 is 6.36 Å². The number of carbonyl (C=O) groups is 1. The van der Waals surface area contributed by atoms with Gasteiger partial charge in [-0.05, 0) is 72.4 Å². The molecule has 0 bridgehead atoms. The lowest BCUT2D eigenvalue weighted by molar-refractivity contribution is -0.274. The maximum Gasteiger partial charge on any atom is 0.573 e. The van der Waals surface area contributed by atoms with E-state index in [2.05, 4.69) is 39.0 Å². The molecule has 240 valence electrons. The first-order valence-electron chi connectivity index (χ1n) is 14.4. The standard InChI is InChI=1S/C32H31F3N6O3S2/c1-20(2)26-15-14-25(43-3)17-27(26)41-28(42)18-46-31(41)38-30(45)36-16-4-5-21-6-8-22(9-7-21)29-37-19-40(39-29)23-10-12-24(13-11-23)44-32(33,34)35/h6-15,17,19-20H,4-5,16,18H2,1-3H3,(H,36,45)/b38-31-. The Morgan fingerprint density at radius 1 is 1.09 bits per heavy atom. The van der Waals surface area contributed by atoms with Crippen molar-refractivity contribution >= 4 is 45.9 Å². The monoisotopic (exact) mass is 668 g/mol. The van der Waals surface area contributed by atoms with Crippen molar-refractivity contribution in [1.29, 1.82) is 0 Å². The van der Waals surface area contributed by atoms with Gasteiger partial charge in [0.15, 0.2) is 16.1 Å². The Kier molecular flexibility index (Phi) is 10.3. The van der Waals surface area contributed by atoms with Gasteiger partial charge in [-0.2, -0.15) is 4.99 Å². The zero-order chi connectivity index (χ0) is 32.8. The van der Waals surface area contributed by atoms with E-state index in [4.69, 9.17) is 17.0 Å². The maximum atomic E-state index is 12.9. The number of anilines is 1. The molecule has 9 nitrogen and oxygen atoms in total. The van der Waals surface area contributed by atoms with Crippen LogP contribution in [0.1, 0.15) is 37.3 Å². The number of benzene rings is 3. The van der Waals surface area contributed by atoms with E-state index in [0.717, 1.165) is 35.2 Å². The van der Waals surface area contributed by atoms with Crippen LogP contribution in [0, 0.1) is 0 Å². The van der Waals surface area contributed by atoms with Crippen molar-refractivity contribution in [3.05, 3.63) is 84.2 Å². The molecule has 4 aromatic rings. The van der Waals surface area contributed by atoms with Crippen LogP contribution in [0.25, 0.3) is 17.1 Å². The number of hydrogen-bond donors (Lipinski definition) is 1. The first-order valence-corrected chi connectivity index (χ1v) is 15.8. The fraction of sp³-hybridized carbons (Fsp3) is 0.281. The third kappa shape index (κ3) is 8.23. The number of aliphatic imine (C=N–C) groups is 1. The van der Waals surface area contributed by atoms with Gasteiger partial charge in [0.05, 0.1) is 24.2 Å². The average molecular weight is 669 g/mol. The van der Waals surface area contributed by atoms with Gasteiger partial charge < -0.3 is 14.8 Å². The number of carbonyl (C=O) groups excluding carboxylic acids is 1. The first kappa shape index (κ1) is 32.9. The molecule has 0 atom stereocenters. The molecular formula is C32H31F3N6O3S2. The Hall–Kier alpha value is -4.43. The molecule has 0 radical (unpaired) electrons. The number of aromatic nitrogens is 3. The second-order valence-corrected chi connectivity index (χ2v) is 11.9. The van der Waals surface area contributed by atoms with Crippen LogP contribution < -0.4 is 19.7 Å². The number of rotatable bonds is 10. The predicted molar refractivity (Wildman–Crippen MR) is 177 cm³/mol. The summed E-state index contributed by atoms with van der Waals surface area (Å²) in [6.45, 7) is 4.75. The van der Waals surface area contributed by atoms with Crippen LogP contribution >= 0.6 is 24.0 Å². The van der Waals surface area contributed by atoms with Gasteiger partial charge >= 0.3 is 6.36 Å². The third-order valence-corrected chi connectivity index (χ3v) is 8.18. The molecular weight excluding hydrogens is 638 g/mol. The summed E-state index contributed by atoms with van der Waals surface area (Å²) in [7, 11) is 1.60. The van der Waals surface area contributed by atoms with E-state index in [1.54, 1.807) is 12.0 Å². The molecule has 1 saturated heterocycles. The summed E-state index contributed by atoms with van der Waals surface area (Å²) in [5, 5.41) is 8.48. The minimum absolute atomic E-state index is 0.0549. The molecule has 14 heteroatoms. The lowest BCUT2D eigenvalue weighted by Crippen LogP contribution is -2.32. The first-order chi connectivity index (χ1) is 22.0. The lowest BCUT2D eigenvalue weighted by atomic mass is 10.00. The molecule has 2 heterocycles. The molecule has 1 aliphatic rings. The van der Waals surface area contributed by atoms with Crippen molar-refractivity contribution in [3.63, 3.8) is 0 Å². The number of aryl methyl sites for hydroxylation is 1. The highest BCUT2D eigenvalue weighted by molar-refractivity contribution is 8.15. The molecule has 1 aliphatic heterocycles. The number of thioether (sulfide) groups is 1. The fourth-order valence-electron chi connectivity index (χ4n) is 4.77. The summed E-state index contributed by atoms with van der Waals surface area (Å²) in [5.41, 5.74) is 4.24. The van der Waals surface area contributed by atoms with Crippen molar-refractivity contribution < 1.29 is 27.4 Å². The average Bonchev–Trinajstić information content (AvgIpc) is 3.66. The SMILES string of the molecule is COc1ccc(C(C)C)c(N2C(=O)CS/C2=N\C(=S)NCCCc2ccc(-c3ncn(-c4ccc(OC(F)(F)F)cc4)n3)cc2)c1. The van der Waals surface area contributed by atoms with Gasteiger partial charge in [-0.15, -0.1) is 18.3 Å². The summed E-state index contributed by atoms with van der Waals surface area (Å²) < 4.78 is 48.0. The van der Waals surface area contributed by atoms with Crippen molar-refractivity contribution in [3.8, 4) is 28.6 Å². The van der Waals surface area contributed by atoms with Crippen molar-refractivity contribution in [2.45, 2.75) is 39.0 Å². The molecule has 46 heavy (non-hydrogen) atoms. The smallest absolute Gasteiger partial charge is 0.497 e. The topological polar surface area (TPSA) is 93.9 Å². The summed E-state index contributed by atoms with van der Waals surface area (Å²) in [6, 6.07) is 19.0. The van der Waals surface area contributed by atoms with Crippen LogP contribution in [0.15, 0.2) is 78.0 Å². The van der Waals surface area contributed by atoms with Gasteiger partial charge in [0, 0.05) is 18.2 Å². The number of amidine groups is 1. The molecule has 5 rings (SSSR count). The number of alkyl halides is 3. The number of ether oxygens (including phenoxy) is 2. The minimum Gasteiger partial charge on any atom is -0.497 e. The highest BCUT2D eigenvalue weighted by atomic mass is 32.2. The quantitative estimate of drug-likeness (QED) is 0.144. The molecule has 1 aromatic heterocycles. The fourth-order valence-corrected chi connectivity index (χ4v) is 5.88. The number of nitrogens with zero attached hydrogens (tertiary/aromatic N) is 5. The second kappa shape index (κ2) is 14.3. The van der Waals surface area contributed by atoms with Gasteiger partial charge in [-0.1, -0.05) is 55.9 Å². The van der Waals surface area contributed by atoms with Crippen LogP contribution in [-0.2, 0) is 11.2 Å². The zero-order valence-electron chi connectivity index (χ0n) is 25.2. The second-order valence-electron chi connectivity index (χ2n) is 10.6. The van der Waals surface area contributed by atoms with Gasteiger partial charge in [0.2, 0.25) is 5.91 Å². The van der Waals surface area contributed by atoms with Crippen LogP contribution in [0.4, 0.5) is 18.9 Å². The highest BCUT2D eigenvalue weighted by Gasteiger charge is 2.33. The number of methoxy groups -OCH3 is 1. The predicted octanol–water partition coefficient (Wildman–Crippen LogP) is 6.91. The number of thiocarbonyl (C=S) groups is 1. The molecule has 0 aliphatic carbocycles. The van der Waals surface area contributed by atoms with Gasteiger partial charge in [0.1, 0.15) is 17.8 Å². The summed E-state index contributed by atoms with van der Waals surface area (Å²) in [4.78, 5) is 23.4. The number of nitrogens with one attached hydrogen (secondary N) is 1. The van der Waals surface area contributed by atoms with Crippen LogP contribution in [-0.4, -0.2) is 56.7 Å². The van der Waals surface area contributed by atoms with E-state index in [1.165, 1.54) is 47.0 Å². The normalized spacial score (nSPS) is 14.3. The Bertz CT molecular complexity index is 1720. The Morgan fingerprint density at radius 3 is 2.48 bits per heavy atom. The van der Waals surface area contributed by atoms with E-state index >= 15 is 0 Å². The van der Waals surface area contributed by atoms with E-state index in [1.807, 2.05) is 42.5 Å². The van der Waals surface area contributed by atoms with Gasteiger partial charge in [-0.3, -0.25) is 9.69 Å². The van der Waals surface area contributed by atoms with E-state index in [-0.39, 0.29) is 23.3 Å². The van der Waals surface area contributed by atoms with Crippen LogP contribution in [0.5, 0.6) is 11.5 Å². The minimum atomic E-state index is -4.75. The summed E-state index contributed by atoms with van der Waals surface area (Å²) in [6.07, 6.45) is -1.65. The van der Waals surface area contributed by atoms with Gasteiger partial charge in [-0.25, -0.2) is 9.67 Å². The largest absolute Gasteiger partial charge is 0.573 e. The third-order valence-electron chi connectivity index (χ3n) is 7.02. The number of halogens is 3. The molecule has 0 spiro atoms. The number of hydrogen-bond acceptors (Lipinski definition) is 7. The van der Waals surface area contributed by atoms with Crippen molar-refractivity contribution in [1.82, 2.24) is 20.1 Å². The van der Waals surface area contributed by atoms with Crippen LogP contribution in [0.2, 0.25) is 0 Å². The molecule has 1 amide bonds. The van der Waals surface area contributed by atoms with E-state index in [0.29, 0.717) is 34.1 Å². The van der Waals surface area contributed by atoms with Crippen LogP contribution in [0.3, 0.4) is 0 Å². The molecule has 3 aromatic carbocycles.